The number of nitrogens with two attached hydrogens (primary N) is 1. The van der Waals surface area contributed by atoms with E-state index < -0.39 is 16.2 Å². The summed E-state index contributed by atoms with van der Waals surface area (Å²) in [7, 11) is -4.42. The highest BCUT2D eigenvalue weighted by Gasteiger charge is 2.31. The van der Waals surface area contributed by atoms with E-state index in [1.54, 1.807) is 19.9 Å². The Labute approximate surface area is 205 Å². The lowest BCUT2D eigenvalue weighted by molar-refractivity contribution is 0.157. The summed E-state index contributed by atoms with van der Waals surface area (Å²) in [5.74, 6) is -0.0472. The standard InChI is InChI=1S/C21H22Cl2N4O6S/c1-12(2)19-20(34(30,31)33-16-8-14(22)7-15(23)9-16)27(11-13-3-4-18(28)25-10-13)17(26-19)5-6-32-21(24)29/h3-4,7-10,12H,5-6,11H2,1-2H3,(H2,24,29)(H,25,28). The molecule has 3 rings (SSSR count). The number of amides is 1. The number of aromatic amines is 1. The number of ether oxygens (including phenoxy) is 1. The normalized spacial score (nSPS) is 11.6. The van der Waals surface area contributed by atoms with Crippen molar-refractivity contribution in [1.82, 2.24) is 14.5 Å². The summed E-state index contributed by atoms with van der Waals surface area (Å²) in [5, 5.41) is 0.222. The highest BCUT2D eigenvalue weighted by Crippen LogP contribution is 2.31. The van der Waals surface area contributed by atoms with Crippen LogP contribution in [0, 0.1) is 0 Å². The Morgan fingerprint density at radius 3 is 2.44 bits per heavy atom. The molecule has 10 nitrogen and oxygen atoms in total. The zero-order valence-electron chi connectivity index (χ0n) is 18.2. The molecule has 0 radical (unpaired) electrons. The number of hydrogen-bond donors (Lipinski definition) is 2. The van der Waals surface area contributed by atoms with Crippen LogP contribution >= 0.6 is 23.2 Å². The monoisotopic (exact) mass is 528 g/mol. The predicted molar refractivity (Wildman–Crippen MR) is 126 cm³/mol. The molecule has 0 aliphatic rings. The van der Waals surface area contributed by atoms with Gasteiger partial charge in [-0.3, -0.25) is 4.79 Å². The minimum absolute atomic E-state index is 0.0383. The lowest BCUT2D eigenvalue weighted by atomic mass is 10.1. The van der Waals surface area contributed by atoms with E-state index >= 15 is 0 Å². The maximum absolute atomic E-state index is 13.5. The van der Waals surface area contributed by atoms with Crippen LogP contribution in [-0.4, -0.2) is 35.7 Å². The lowest BCUT2D eigenvalue weighted by Gasteiger charge is -2.15. The highest BCUT2D eigenvalue weighted by atomic mass is 35.5. The third kappa shape index (κ3) is 6.31. The number of hydrogen-bond acceptors (Lipinski definition) is 7. The fourth-order valence-corrected chi connectivity index (χ4v) is 5.12. The maximum atomic E-state index is 13.5. The Bertz CT molecular complexity index is 1330. The molecule has 0 fully saturated rings. The van der Waals surface area contributed by atoms with E-state index in [1.807, 2.05) is 0 Å². The van der Waals surface area contributed by atoms with Gasteiger partial charge < -0.3 is 24.2 Å². The first kappa shape index (κ1) is 25.6. The smallest absolute Gasteiger partial charge is 0.404 e. The number of H-pyrrole nitrogens is 1. The molecule has 3 N–H and O–H groups in total. The minimum Gasteiger partial charge on any atom is -0.449 e. The molecule has 0 bridgehead atoms. The first-order valence-corrected chi connectivity index (χ1v) is 12.2. The second kappa shape index (κ2) is 10.5. The number of primary amides is 1. The van der Waals surface area contributed by atoms with Crippen molar-refractivity contribution in [3.63, 3.8) is 0 Å². The SMILES string of the molecule is CC(C)c1nc(CCOC(N)=O)n(Cc2ccc(=O)[nH]c2)c1S(=O)(=O)Oc1cc(Cl)cc(Cl)c1. The summed E-state index contributed by atoms with van der Waals surface area (Å²) < 4.78 is 38.6. The van der Waals surface area contributed by atoms with Gasteiger partial charge >= 0.3 is 16.2 Å². The second-order valence-electron chi connectivity index (χ2n) is 7.58. The van der Waals surface area contributed by atoms with Gasteiger partial charge in [0, 0.05) is 40.9 Å². The van der Waals surface area contributed by atoms with Crippen molar-refractivity contribution in [2.24, 2.45) is 5.73 Å². The Morgan fingerprint density at radius 2 is 1.88 bits per heavy atom. The van der Waals surface area contributed by atoms with E-state index in [2.05, 4.69) is 9.97 Å². The Morgan fingerprint density at radius 1 is 1.21 bits per heavy atom. The Kier molecular flexibility index (Phi) is 7.90. The quantitative estimate of drug-likeness (QED) is 0.404. The average molecular weight is 529 g/mol. The van der Waals surface area contributed by atoms with E-state index in [-0.39, 0.29) is 57.6 Å². The van der Waals surface area contributed by atoms with E-state index in [9.17, 15) is 18.0 Å². The summed E-state index contributed by atoms with van der Waals surface area (Å²) in [4.78, 5) is 29.5. The molecule has 2 aromatic heterocycles. The molecule has 3 aromatic rings. The van der Waals surface area contributed by atoms with Crippen LogP contribution in [0.4, 0.5) is 4.79 Å². The summed E-state index contributed by atoms with van der Waals surface area (Å²) in [6, 6.07) is 6.98. The van der Waals surface area contributed by atoms with Crippen LogP contribution in [0.3, 0.4) is 0 Å². The molecule has 34 heavy (non-hydrogen) atoms. The van der Waals surface area contributed by atoms with Crippen molar-refractivity contribution in [2.45, 2.75) is 37.8 Å². The van der Waals surface area contributed by atoms with Gasteiger partial charge in [-0.1, -0.05) is 43.1 Å². The van der Waals surface area contributed by atoms with E-state index in [1.165, 1.54) is 35.0 Å². The number of nitrogens with one attached hydrogen (secondary N) is 1. The fraction of sp³-hybridized carbons (Fsp3) is 0.286. The summed E-state index contributed by atoms with van der Waals surface area (Å²) in [5.41, 5.74) is 5.59. The van der Waals surface area contributed by atoms with Crippen molar-refractivity contribution >= 4 is 39.4 Å². The van der Waals surface area contributed by atoms with Gasteiger partial charge in [0.1, 0.15) is 18.2 Å². The molecular weight excluding hydrogens is 507 g/mol. The molecule has 1 amide bonds. The first-order chi connectivity index (χ1) is 16.0. The molecular formula is C21H22Cl2N4O6S. The van der Waals surface area contributed by atoms with Crippen LogP contribution in [0.5, 0.6) is 5.75 Å². The van der Waals surface area contributed by atoms with Crippen LogP contribution in [-0.2, 0) is 27.8 Å². The molecule has 0 atom stereocenters. The molecule has 0 unspecified atom stereocenters. The summed E-state index contributed by atoms with van der Waals surface area (Å²) in [6.45, 7) is 3.49. The van der Waals surface area contributed by atoms with Gasteiger partial charge in [-0.05, 0) is 17.5 Å². The van der Waals surface area contributed by atoms with Crippen molar-refractivity contribution < 1.29 is 22.1 Å². The number of aromatic nitrogens is 3. The number of benzene rings is 1. The largest absolute Gasteiger partial charge is 0.449 e. The third-order valence-corrected chi connectivity index (χ3v) is 6.36. The van der Waals surface area contributed by atoms with E-state index in [0.29, 0.717) is 11.4 Å². The van der Waals surface area contributed by atoms with Crippen molar-refractivity contribution in [3.05, 3.63) is 74.0 Å². The molecule has 13 heteroatoms. The molecule has 0 aliphatic carbocycles. The second-order valence-corrected chi connectivity index (χ2v) is 9.92. The first-order valence-electron chi connectivity index (χ1n) is 10.1. The van der Waals surface area contributed by atoms with Gasteiger partial charge in [-0.15, -0.1) is 0 Å². The Balaban J connectivity index is 2.13. The third-order valence-electron chi connectivity index (χ3n) is 4.61. The van der Waals surface area contributed by atoms with E-state index in [0.717, 1.165) is 0 Å². The number of pyridine rings is 1. The maximum Gasteiger partial charge on any atom is 0.404 e. The molecule has 0 saturated heterocycles. The van der Waals surface area contributed by atoms with Crippen LogP contribution < -0.4 is 15.5 Å². The molecule has 0 aliphatic heterocycles. The number of imidazole rings is 1. The molecule has 2 heterocycles. The van der Waals surface area contributed by atoms with E-state index in [4.69, 9.17) is 37.9 Å². The number of nitrogens with zero attached hydrogens (tertiary/aromatic N) is 2. The topological polar surface area (TPSA) is 146 Å². The van der Waals surface area contributed by atoms with Crippen LogP contribution in [0.15, 0.2) is 46.3 Å². The molecule has 0 spiro atoms. The zero-order chi connectivity index (χ0) is 25.0. The Hall–Kier alpha value is -3.02. The van der Waals surface area contributed by atoms with Crippen molar-refractivity contribution in [2.75, 3.05) is 6.61 Å². The van der Waals surface area contributed by atoms with Crippen molar-refractivity contribution in [3.8, 4) is 5.75 Å². The number of carbonyl (C=O) groups excluding carboxylic acids is 1. The minimum atomic E-state index is -4.42. The van der Waals surface area contributed by atoms with Gasteiger partial charge in [0.15, 0.2) is 5.03 Å². The highest BCUT2D eigenvalue weighted by molar-refractivity contribution is 7.87. The van der Waals surface area contributed by atoms with Crippen LogP contribution in [0.2, 0.25) is 10.0 Å². The summed E-state index contributed by atoms with van der Waals surface area (Å²) in [6.07, 6.45) is 0.594. The van der Waals surface area contributed by atoms with Crippen LogP contribution in [0.25, 0.3) is 0 Å². The van der Waals surface area contributed by atoms with Crippen LogP contribution in [0.1, 0.15) is 36.8 Å². The van der Waals surface area contributed by atoms with Crippen molar-refractivity contribution in [1.29, 1.82) is 0 Å². The van der Waals surface area contributed by atoms with Gasteiger partial charge in [-0.25, -0.2) is 9.78 Å². The number of halogens is 2. The molecule has 0 saturated carbocycles. The number of carbonyl (C=O) groups is 1. The van der Waals surface area contributed by atoms with Gasteiger partial charge in [0.05, 0.1) is 12.2 Å². The van der Waals surface area contributed by atoms with Gasteiger partial charge in [-0.2, -0.15) is 8.42 Å². The fourth-order valence-electron chi connectivity index (χ4n) is 3.21. The predicted octanol–water partition coefficient (Wildman–Crippen LogP) is 3.46. The molecule has 182 valence electrons. The zero-order valence-corrected chi connectivity index (χ0v) is 20.6. The summed E-state index contributed by atoms with van der Waals surface area (Å²) >= 11 is 12.0. The van der Waals surface area contributed by atoms with Gasteiger partial charge in [0.2, 0.25) is 5.56 Å². The lowest BCUT2D eigenvalue weighted by Crippen LogP contribution is -2.20. The van der Waals surface area contributed by atoms with Gasteiger partial charge in [0.25, 0.3) is 0 Å². The average Bonchev–Trinajstić information content (AvgIpc) is 3.08. The molecule has 1 aromatic carbocycles. The number of rotatable bonds is 9.